The Balaban J connectivity index is 2.19. The fourth-order valence-corrected chi connectivity index (χ4v) is 6.39. The average Bonchev–Trinajstić information content (AvgIpc) is 2.33. The number of hydrogen-bond donors (Lipinski definition) is 3. The zero-order chi connectivity index (χ0) is 18.4. The van der Waals surface area contributed by atoms with Crippen LogP contribution in [-0.4, -0.2) is 21.3 Å². The van der Waals surface area contributed by atoms with Gasteiger partial charge in [-0.2, -0.15) is 4.31 Å². The summed E-state index contributed by atoms with van der Waals surface area (Å²) in [6, 6.07) is 0. The minimum absolute atomic E-state index is 0.0806. The molecule has 140 valence electrons. The Morgan fingerprint density at radius 2 is 1.83 bits per heavy atom. The highest BCUT2D eigenvalue weighted by molar-refractivity contribution is 7.60. The second-order valence-electron chi connectivity index (χ2n) is 7.97. The first-order valence-electron chi connectivity index (χ1n) is 8.18. The van der Waals surface area contributed by atoms with Gasteiger partial charge in [0.15, 0.2) is 0 Å². The lowest BCUT2D eigenvalue weighted by Crippen LogP contribution is -2.49. The van der Waals surface area contributed by atoms with Crippen LogP contribution < -0.4 is 0 Å². The molecule has 0 aliphatic heterocycles. The first-order valence-corrected chi connectivity index (χ1v) is 11.2. The summed E-state index contributed by atoms with van der Waals surface area (Å²) in [4.78, 5) is 27.0. The van der Waals surface area contributed by atoms with Gasteiger partial charge in [-0.05, 0) is 42.9 Å². The van der Waals surface area contributed by atoms with Gasteiger partial charge in [0.05, 0.1) is 6.61 Å². The van der Waals surface area contributed by atoms with E-state index in [2.05, 4.69) is 31.2 Å². The topological polar surface area (TPSA) is 113 Å². The molecule has 0 aromatic rings. The standard InChI is InChI=1S/C15H28O7P2/c1-11-6-7-13-14(2,3)8-5-9-15(13,4)12(11)10-21-24(19,20)22-23(16,17)18/h6,12-13H,5,7-10H2,1-4H3,(H,19,20)(H2,16,17,18)/t12-,13-,15+/m0/s1. The highest BCUT2D eigenvalue weighted by Crippen LogP contribution is 2.62. The molecule has 0 aromatic carbocycles. The molecule has 0 saturated heterocycles. The van der Waals surface area contributed by atoms with E-state index in [1.54, 1.807) is 0 Å². The zero-order valence-electron chi connectivity index (χ0n) is 14.6. The predicted octanol–water partition coefficient (Wildman–Crippen LogP) is 4.01. The van der Waals surface area contributed by atoms with Crippen LogP contribution in [0.1, 0.15) is 53.4 Å². The van der Waals surface area contributed by atoms with Crippen LogP contribution in [0.5, 0.6) is 0 Å². The fraction of sp³-hybridized carbons (Fsp3) is 0.867. The van der Waals surface area contributed by atoms with E-state index in [1.807, 2.05) is 6.92 Å². The number of hydrogen-bond acceptors (Lipinski definition) is 4. The Kier molecular flexibility index (Phi) is 5.61. The minimum Gasteiger partial charge on any atom is -0.302 e. The summed E-state index contributed by atoms with van der Waals surface area (Å²) in [7, 11) is -9.90. The van der Waals surface area contributed by atoms with Crippen molar-refractivity contribution >= 4 is 15.6 Å². The Morgan fingerprint density at radius 3 is 2.42 bits per heavy atom. The molecule has 1 saturated carbocycles. The molecule has 3 N–H and O–H groups in total. The van der Waals surface area contributed by atoms with Gasteiger partial charge in [-0.15, -0.1) is 0 Å². The van der Waals surface area contributed by atoms with Crippen molar-refractivity contribution < 1.29 is 32.6 Å². The molecule has 1 unspecified atom stereocenters. The van der Waals surface area contributed by atoms with Gasteiger partial charge in [-0.1, -0.05) is 38.8 Å². The summed E-state index contributed by atoms with van der Waals surface area (Å²) < 4.78 is 31.4. The van der Waals surface area contributed by atoms with Crippen LogP contribution in [0.3, 0.4) is 0 Å². The third kappa shape index (κ3) is 4.39. The van der Waals surface area contributed by atoms with E-state index >= 15 is 0 Å². The quantitative estimate of drug-likeness (QED) is 0.486. The van der Waals surface area contributed by atoms with Gasteiger partial charge in [0, 0.05) is 5.92 Å². The second-order valence-corrected chi connectivity index (χ2v) is 10.8. The van der Waals surface area contributed by atoms with Crippen molar-refractivity contribution in [2.24, 2.45) is 22.7 Å². The van der Waals surface area contributed by atoms with Gasteiger partial charge in [-0.25, -0.2) is 9.13 Å². The van der Waals surface area contributed by atoms with Gasteiger partial charge in [0.25, 0.3) is 0 Å². The molecule has 24 heavy (non-hydrogen) atoms. The van der Waals surface area contributed by atoms with Crippen molar-refractivity contribution in [1.82, 2.24) is 0 Å². The largest absolute Gasteiger partial charge is 0.481 e. The highest BCUT2D eigenvalue weighted by atomic mass is 31.3. The van der Waals surface area contributed by atoms with Crippen LogP contribution in [0.25, 0.3) is 0 Å². The summed E-state index contributed by atoms with van der Waals surface area (Å²) in [6.45, 7) is 8.59. The van der Waals surface area contributed by atoms with Crippen LogP contribution in [0, 0.1) is 22.7 Å². The smallest absolute Gasteiger partial charge is 0.302 e. The number of rotatable bonds is 5. The maximum atomic E-state index is 11.8. The summed E-state index contributed by atoms with van der Waals surface area (Å²) in [5.74, 6) is 0.341. The van der Waals surface area contributed by atoms with E-state index in [-0.39, 0.29) is 23.4 Å². The summed E-state index contributed by atoms with van der Waals surface area (Å²) in [5.41, 5.74) is 1.18. The van der Waals surface area contributed by atoms with E-state index in [0.717, 1.165) is 31.3 Å². The molecule has 0 spiro atoms. The number of allylic oxidation sites excluding steroid dienone is 1. The maximum absolute atomic E-state index is 11.8. The van der Waals surface area contributed by atoms with Gasteiger partial charge >= 0.3 is 15.6 Å². The monoisotopic (exact) mass is 382 g/mol. The van der Waals surface area contributed by atoms with E-state index in [9.17, 15) is 14.0 Å². The average molecular weight is 382 g/mol. The number of phosphoric acid groups is 2. The van der Waals surface area contributed by atoms with Gasteiger partial charge < -0.3 is 14.7 Å². The Labute approximate surface area is 143 Å². The molecule has 2 aliphatic carbocycles. The molecule has 2 aliphatic rings. The third-order valence-electron chi connectivity index (χ3n) is 5.91. The summed E-state index contributed by atoms with van der Waals surface area (Å²) in [6.07, 6.45) is 6.35. The van der Waals surface area contributed by atoms with Gasteiger partial charge in [0.2, 0.25) is 0 Å². The molecule has 0 heterocycles. The van der Waals surface area contributed by atoms with Crippen molar-refractivity contribution in [2.75, 3.05) is 6.61 Å². The number of fused-ring (bicyclic) bond motifs is 1. The van der Waals surface area contributed by atoms with Gasteiger partial charge in [-0.3, -0.25) is 4.52 Å². The van der Waals surface area contributed by atoms with E-state index in [0.29, 0.717) is 5.92 Å². The van der Waals surface area contributed by atoms with E-state index in [4.69, 9.17) is 14.3 Å². The van der Waals surface area contributed by atoms with Crippen molar-refractivity contribution in [1.29, 1.82) is 0 Å². The highest BCUT2D eigenvalue weighted by Gasteiger charge is 2.52. The molecule has 0 radical (unpaired) electrons. The molecule has 4 atom stereocenters. The first-order chi connectivity index (χ1) is 10.8. The third-order valence-corrected chi connectivity index (χ3v) is 8.06. The predicted molar refractivity (Wildman–Crippen MR) is 90.0 cm³/mol. The van der Waals surface area contributed by atoms with Crippen molar-refractivity contribution in [2.45, 2.75) is 53.4 Å². The lowest BCUT2D eigenvalue weighted by atomic mass is 9.49. The molecule has 0 amide bonds. The summed E-state index contributed by atoms with van der Waals surface area (Å²) in [5, 5.41) is 0. The van der Waals surface area contributed by atoms with Gasteiger partial charge in [0.1, 0.15) is 0 Å². The van der Waals surface area contributed by atoms with Crippen LogP contribution in [0.4, 0.5) is 0 Å². The van der Waals surface area contributed by atoms with E-state index < -0.39 is 15.6 Å². The van der Waals surface area contributed by atoms with Crippen LogP contribution in [-0.2, 0) is 18.0 Å². The molecule has 2 rings (SSSR count). The lowest BCUT2D eigenvalue weighted by Gasteiger charge is -2.56. The Bertz CT molecular complexity index is 609. The Morgan fingerprint density at radius 1 is 1.21 bits per heavy atom. The molecule has 0 aromatic heterocycles. The minimum atomic E-state index is -5.09. The number of phosphoric ester groups is 1. The Hall–Kier alpha value is -0.0000000000000000416. The molecule has 7 nitrogen and oxygen atoms in total. The van der Waals surface area contributed by atoms with Crippen LogP contribution in [0.15, 0.2) is 11.6 Å². The zero-order valence-corrected chi connectivity index (χ0v) is 16.4. The molecular weight excluding hydrogens is 354 g/mol. The van der Waals surface area contributed by atoms with Crippen molar-refractivity contribution in [3.05, 3.63) is 11.6 Å². The first kappa shape index (κ1) is 20.3. The van der Waals surface area contributed by atoms with Crippen LogP contribution >= 0.6 is 15.6 Å². The fourth-order valence-electron chi connectivity index (χ4n) is 4.79. The van der Waals surface area contributed by atoms with Crippen molar-refractivity contribution in [3.8, 4) is 0 Å². The van der Waals surface area contributed by atoms with Crippen LogP contribution in [0.2, 0.25) is 0 Å². The maximum Gasteiger partial charge on any atom is 0.481 e. The lowest BCUT2D eigenvalue weighted by molar-refractivity contribution is -0.0501. The van der Waals surface area contributed by atoms with Crippen molar-refractivity contribution in [3.63, 3.8) is 0 Å². The SMILES string of the molecule is CC1=CC[C@H]2C(C)(C)CCC[C@]2(C)[C@H]1COP(=O)(O)OP(=O)(O)O. The molecular formula is C15H28O7P2. The normalized spacial score (nSPS) is 35.7. The van der Waals surface area contributed by atoms with E-state index in [1.165, 1.54) is 0 Å². The molecule has 0 bridgehead atoms. The second kappa shape index (κ2) is 6.62. The molecule has 9 heteroatoms. The molecule has 1 fully saturated rings. The summed E-state index contributed by atoms with van der Waals surface area (Å²) >= 11 is 0.